The molecule has 0 aliphatic heterocycles. The van der Waals surface area contributed by atoms with Crippen molar-refractivity contribution in [1.82, 2.24) is 0 Å². The largest absolute Gasteiger partial charge is 0.444 e. The highest BCUT2D eigenvalue weighted by atomic mass is 16.6. The molecule has 1 amide bonds. The fraction of sp³-hybridized carbons (Fsp3) is 0.600. The van der Waals surface area contributed by atoms with Crippen molar-refractivity contribution in [2.75, 3.05) is 5.32 Å². The lowest BCUT2D eigenvalue weighted by molar-refractivity contribution is -0.121. The number of anilines is 1. The van der Waals surface area contributed by atoms with E-state index in [9.17, 15) is 9.59 Å². The van der Waals surface area contributed by atoms with Crippen LogP contribution in [0.2, 0.25) is 0 Å². The lowest BCUT2D eigenvalue weighted by Crippen LogP contribution is -2.27. The molecule has 1 aromatic rings. The molecule has 0 fully saturated rings. The van der Waals surface area contributed by atoms with Crippen LogP contribution in [0.4, 0.5) is 10.5 Å². The van der Waals surface area contributed by atoms with Crippen molar-refractivity contribution in [3.05, 3.63) is 29.3 Å². The van der Waals surface area contributed by atoms with E-state index < -0.39 is 11.7 Å². The van der Waals surface area contributed by atoms with Gasteiger partial charge >= 0.3 is 6.09 Å². The maximum Gasteiger partial charge on any atom is 0.412 e. The Morgan fingerprint density at radius 2 is 1.88 bits per heavy atom. The molecule has 0 spiro atoms. The minimum absolute atomic E-state index is 0.0229. The van der Waals surface area contributed by atoms with Crippen LogP contribution in [0, 0.1) is 5.92 Å². The summed E-state index contributed by atoms with van der Waals surface area (Å²) in [7, 11) is 0. The average Bonchev–Trinajstić information content (AvgIpc) is 2.47. The summed E-state index contributed by atoms with van der Waals surface area (Å²) in [6.45, 7) is 11.5. The summed E-state index contributed by atoms with van der Waals surface area (Å²) in [6, 6.07) is 5.92. The summed E-state index contributed by atoms with van der Waals surface area (Å²) in [6.07, 6.45) is 2.61. The summed E-state index contributed by atoms with van der Waals surface area (Å²) in [5.74, 6) is 0.211. The molecule has 4 nitrogen and oxygen atoms in total. The van der Waals surface area contributed by atoms with Gasteiger partial charge in [-0.15, -0.1) is 0 Å². The van der Waals surface area contributed by atoms with Gasteiger partial charge in [-0.3, -0.25) is 10.1 Å². The van der Waals surface area contributed by atoms with Gasteiger partial charge in [0.15, 0.2) is 0 Å². The van der Waals surface area contributed by atoms with Crippen molar-refractivity contribution in [3.63, 3.8) is 0 Å². The van der Waals surface area contributed by atoms with E-state index in [1.807, 2.05) is 52.8 Å². The van der Waals surface area contributed by atoms with E-state index >= 15 is 0 Å². The quantitative estimate of drug-likeness (QED) is 0.751. The number of carbonyl (C=O) groups is 2. The summed E-state index contributed by atoms with van der Waals surface area (Å²) in [4.78, 5) is 24.4. The summed E-state index contributed by atoms with van der Waals surface area (Å²) >= 11 is 0. The first-order valence-electron chi connectivity index (χ1n) is 8.80. The number of Topliss-reactive ketones (excluding diaryl/α,β-unsaturated/α-hetero) is 1. The molecule has 0 aromatic heterocycles. The Hall–Kier alpha value is -1.84. The Morgan fingerprint density at radius 1 is 1.21 bits per heavy atom. The molecule has 0 bridgehead atoms. The molecule has 0 aliphatic rings. The molecule has 24 heavy (non-hydrogen) atoms. The van der Waals surface area contributed by atoms with Gasteiger partial charge in [0, 0.05) is 18.0 Å². The molecule has 134 valence electrons. The third kappa shape index (κ3) is 6.73. The topological polar surface area (TPSA) is 55.4 Å². The highest BCUT2D eigenvalue weighted by molar-refractivity contribution is 5.89. The fourth-order valence-corrected chi connectivity index (χ4v) is 2.34. The zero-order valence-electron chi connectivity index (χ0n) is 15.9. The molecular formula is C20H31NO3. The molecule has 1 atom stereocenters. The minimum atomic E-state index is -0.558. The number of ether oxygens (including phenoxy) is 1. The second-order valence-electron chi connectivity index (χ2n) is 7.32. The van der Waals surface area contributed by atoms with Crippen LogP contribution >= 0.6 is 0 Å². The van der Waals surface area contributed by atoms with E-state index in [0.717, 1.165) is 30.4 Å². The van der Waals surface area contributed by atoms with E-state index in [0.29, 0.717) is 12.1 Å². The second-order valence-corrected chi connectivity index (χ2v) is 7.32. The average molecular weight is 333 g/mol. The number of aryl methyl sites for hydroxylation is 1. The van der Waals surface area contributed by atoms with Gasteiger partial charge in [-0.2, -0.15) is 0 Å². The van der Waals surface area contributed by atoms with E-state index in [1.165, 1.54) is 0 Å². The zero-order valence-corrected chi connectivity index (χ0v) is 15.9. The number of ketones is 1. The van der Waals surface area contributed by atoms with E-state index in [1.54, 1.807) is 0 Å². The van der Waals surface area contributed by atoms with Crippen molar-refractivity contribution >= 4 is 17.6 Å². The molecular weight excluding hydrogens is 302 g/mol. The molecule has 1 rings (SSSR count). The second kappa shape index (κ2) is 8.86. The van der Waals surface area contributed by atoms with Crippen molar-refractivity contribution in [2.45, 2.75) is 72.8 Å². The predicted molar refractivity (Wildman–Crippen MR) is 98.5 cm³/mol. The lowest BCUT2D eigenvalue weighted by atomic mass is 9.95. The summed E-state index contributed by atoms with van der Waals surface area (Å²) < 4.78 is 5.34. The number of hydrogen-bond acceptors (Lipinski definition) is 3. The number of carbonyl (C=O) groups excluding carboxylic acids is 2. The van der Waals surface area contributed by atoms with Crippen molar-refractivity contribution in [3.8, 4) is 0 Å². The van der Waals surface area contributed by atoms with Crippen LogP contribution < -0.4 is 5.32 Å². The molecule has 0 saturated heterocycles. The standard InChI is InChI=1S/C20H31NO3/c1-7-9-15-10-11-16(13-18(22)14(3)8-2)17(12-15)21-19(23)24-20(4,5)6/h10-12,14H,7-9,13H2,1-6H3,(H,21,23). The Morgan fingerprint density at radius 3 is 2.42 bits per heavy atom. The Labute approximate surface area is 146 Å². The van der Waals surface area contributed by atoms with Crippen LogP contribution in [-0.4, -0.2) is 17.5 Å². The molecule has 0 aliphatic carbocycles. The third-order valence-electron chi connectivity index (χ3n) is 3.88. The first-order chi connectivity index (χ1) is 11.2. The summed E-state index contributed by atoms with van der Waals surface area (Å²) in [5.41, 5.74) is 2.10. The third-order valence-corrected chi connectivity index (χ3v) is 3.88. The number of rotatable bonds is 7. The van der Waals surface area contributed by atoms with Crippen molar-refractivity contribution < 1.29 is 14.3 Å². The predicted octanol–water partition coefficient (Wildman–Crippen LogP) is 5.14. The molecule has 4 heteroatoms. The molecule has 0 saturated carbocycles. The first kappa shape index (κ1) is 20.2. The van der Waals surface area contributed by atoms with Crippen LogP contribution in [0.3, 0.4) is 0 Å². The molecule has 1 N–H and O–H groups in total. The monoisotopic (exact) mass is 333 g/mol. The maximum absolute atomic E-state index is 12.3. The normalized spacial score (nSPS) is 12.6. The molecule has 0 radical (unpaired) electrons. The number of benzene rings is 1. The lowest BCUT2D eigenvalue weighted by Gasteiger charge is -2.21. The number of amides is 1. The Balaban J connectivity index is 3.01. The van der Waals surface area contributed by atoms with Crippen molar-refractivity contribution in [1.29, 1.82) is 0 Å². The highest BCUT2D eigenvalue weighted by Crippen LogP contribution is 2.22. The van der Waals surface area contributed by atoms with Crippen LogP contribution in [-0.2, 0) is 22.4 Å². The van der Waals surface area contributed by atoms with Crippen LogP contribution in [0.5, 0.6) is 0 Å². The van der Waals surface area contributed by atoms with Gasteiger partial charge in [0.1, 0.15) is 11.4 Å². The van der Waals surface area contributed by atoms with Crippen molar-refractivity contribution in [2.24, 2.45) is 5.92 Å². The highest BCUT2D eigenvalue weighted by Gasteiger charge is 2.19. The summed E-state index contributed by atoms with van der Waals surface area (Å²) in [5, 5.41) is 2.81. The minimum Gasteiger partial charge on any atom is -0.444 e. The number of hydrogen-bond donors (Lipinski definition) is 1. The van der Waals surface area contributed by atoms with Crippen LogP contribution in [0.1, 0.15) is 65.5 Å². The maximum atomic E-state index is 12.3. The van der Waals surface area contributed by atoms with E-state index in [2.05, 4.69) is 12.2 Å². The van der Waals surface area contributed by atoms with Gasteiger partial charge in [-0.1, -0.05) is 39.3 Å². The van der Waals surface area contributed by atoms with Gasteiger partial charge in [-0.05, 0) is 50.8 Å². The Bertz CT molecular complexity index is 573. The van der Waals surface area contributed by atoms with Crippen LogP contribution in [0.15, 0.2) is 18.2 Å². The van der Waals surface area contributed by atoms with Gasteiger partial charge in [-0.25, -0.2) is 4.79 Å². The van der Waals surface area contributed by atoms with E-state index in [4.69, 9.17) is 4.74 Å². The molecule has 1 aromatic carbocycles. The zero-order chi connectivity index (χ0) is 18.3. The van der Waals surface area contributed by atoms with Gasteiger partial charge in [0.2, 0.25) is 0 Å². The molecule has 1 unspecified atom stereocenters. The SMILES string of the molecule is CCCc1ccc(CC(=O)C(C)CC)c(NC(=O)OC(C)(C)C)c1. The van der Waals surface area contributed by atoms with Gasteiger partial charge in [0.25, 0.3) is 0 Å². The fourth-order valence-electron chi connectivity index (χ4n) is 2.34. The number of nitrogens with one attached hydrogen (secondary N) is 1. The smallest absolute Gasteiger partial charge is 0.412 e. The van der Waals surface area contributed by atoms with E-state index in [-0.39, 0.29) is 11.7 Å². The van der Waals surface area contributed by atoms with Crippen LogP contribution in [0.25, 0.3) is 0 Å². The van der Waals surface area contributed by atoms with Gasteiger partial charge in [0.05, 0.1) is 0 Å². The first-order valence-corrected chi connectivity index (χ1v) is 8.80. The Kier molecular flexibility index (Phi) is 7.46. The van der Waals surface area contributed by atoms with Gasteiger partial charge < -0.3 is 4.74 Å². The molecule has 0 heterocycles.